The predicted octanol–water partition coefficient (Wildman–Crippen LogP) is 1.99. The number of aromatic nitrogens is 4. The molecule has 0 bridgehead atoms. The molecule has 0 radical (unpaired) electrons. The third-order valence-electron chi connectivity index (χ3n) is 6.06. The summed E-state index contributed by atoms with van der Waals surface area (Å²) < 4.78 is 4.28. The third kappa shape index (κ3) is 3.94. The summed E-state index contributed by atoms with van der Waals surface area (Å²) in [5.74, 6) is 0.356. The minimum atomic E-state index is -0.474. The molecule has 3 aromatic rings. The average molecular weight is 424 g/mol. The van der Waals surface area contributed by atoms with E-state index in [9.17, 15) is 14.4 Å². The molecule has 1 aliphatic rings. The molecule has 2 aromatic heterocycles. The van der Waals surface area contributed by atoms with Crippen LogP contribution in [0.25, 0.3) is 11.0 Å². The summed E-state index contributed by atoms with van der Waals surface area (Å²) in [4.78, 5) is 41.7. The normalized spacial score (nSPS) is 16.7. The van der Waals surface area contributed by atoms with Gasteiger partial charge in [0.15, 0.2) is 5.52 Å². The lowest BCUT2D eigenvalue weighted by Crippen LogP contribution is -2.45. The Labute approximate surface area is 180 Å². The highest BCUT2D eigenvalue weighted by Crippen LogP contribution is 2.18. The van der Waals surface area contributed by atoms with Crippen molar-refractivity contribution in [2.75, 3.05) is 13.1 Å². The van der Waals surface area contributed by atoms with Crippen molar-refractivity contribution in [2.45, 2.75) is 53.2 Å². The van der Waals surface area contributed by atoms with Crippen LogP contribution in [0.2, 0.25) is 0 Å². The molecule has 1 aliphatic heterocycles. The number of carbonyl (C=O) groups excluding carboxylic acids is 1. The van der Waals surface area contributed by atoms with Gasteiger partial charge in [-0.05, 0) is 38.2 Å². The summed E-state index contributed by atoms with van der Waals surface area (Å²) in [5, 5.41) is 4.47. The van der Waals surface area contributed by atoms with Crippen LogP contribution in [-0.2, 0) is 24.4 Å². The lowest BCUT2D eigenvalue weighted by molar-refractivity contribution is -0.133. The highest BCUT2D eigenvalue weighted by atomic mass is 16.2. The molecular formula is C23H29N5O3. The monoisotopic (exact) mass is 423 g/mol. The molecule has 0 spiro atoms. The van der Waals surface area contributed by atoms with Gasteiger partial charge in [0.2, 0.25) is 5.91 Å². The van der Waals surface area contributed by atoms with Crippen LogP contribution in [0.5, 0.6) is 0 Å². The average Bonchev–Trinajstić information content (AvgIpc) is 3.11. The first-order chi connectivity index (χ1) is 14.9. The van der Waals surface area contributed by atoms with Crippen LogP contribution in [0, 0.1) is 12.8 Å². The molecule has 0 unspecified atom stereocenters. The van der Waals surface area contributed by atoms with Crippen molar-refractivity contribution in [3.8, 4) is 0 Å². The van der Waals surface area contributed by atoms with E-state index in [1.54, 1.807) is 11.6 Å². The number of piperidine rings is 1. The predicted molar refractivity (Wildman–Crippen MR) is 119 cm³/mol. The first-order valence-electron chi connectivity index (χ1n) is 10.9. The molecule has 8 heteroatoms. The van der Waals surface area contributed by atoms with Gasteiger partial charge >= 0.3 is 5.69 Å². The minimum absolute atomic E-state index is 0.0899. The molecule has 0 aliphatic carbocycles. The molecule has 1 amide bonds. The molecule has 31 heavy (non-hydrogen) atoms. The highest BCUT2D eigenvalue weighted by Gasteiger charge is 2.25. The van der Waals surface area contributed by atoms with Gasteiger partial charge in [0.1, 0.15) is 12.1 Å². The maximum atomic E-state index is 13.5. The second kappa shape index (κ2) is 8.53. The number of hydrogen-bond acceptors (Lipinski definition) is 4. The summed E-state index contributed by atoms with van der Waals surface area (Å²) in [6.07, 6.45) is 2.08. The van der Waals surface area contributed by atoms with E-state index in [-0.39, 0.29) is 24.6 Å². The van der Waals surface area contributed by atoms with Crippen LogP contribution in [0.4, 0.5) is 0 Å². The van der Waals surface area contributed by atoms with Gasteiger partial charge in [-0.3, -0.25) is 23.4 Å². The van der Waals surface area contributed by atoms with Gasteiger partial charge in [0.05, 0.1) is 12.2 Å². The molecule has 1 saturated heterocycles. The Hall–Kier alpha value is -3.16. The zero-order valence-electron chi connectivity index (χ0n) is 18.4. The maximum absolute atomic E-state index is 13.5. The fraction of sp³-hybridized carbons (Fsp3) is 0.478. The van der Waals surface area contributed by atoms with Crippen LogP contribution < -0.4 is 11.2 Å². The zero-order chi connectivity index (χ0) is 22.1. The number of likely N-dealkylation sites (tertiary alicyclic amines) is 1. The third-order valence-corrected chi connectivity index (χ3v) is 6.06. The van der Waals surface area contributed by atoms with Gasteiger partial charge in [-0.2, -0.15) is 5.10 Å². The Morgan fingerprint density at radius 3 is 2.55 bits per heavy atom. The topological polar surface area (TPSA) is 82.1 Å². The van der Waals surface area contributed by atoms with E-state index in [0.717, 1.165) is 18.4 Å². The molecule has 3 heterocycles. The number of amides is 1. The molecule has 8 nitrogen and oxygen atoms in total. The Bertz CT molecular complexity index is 1220. The lowest BCUT2D eigenvalue weighted by atomic mass is 10.0. The number of nitrogens with zero attached hydrogens (tertiary/aromatic N) is 5. The highest BCUT2D eigenvalue weighted by molar-refractivity contribution is 5.81. The molecular weight excluding hydrogens is 394 g/mol. The summed E-state index contributed by atoms with van der Waals surface area (Å²) >= 11 is 0. The van der Waals surface area contributed by atoms with Crippen molar-refractivity contribution in [3.05, 3.63) is 62.4 Å². The fourth-order valence-electron chi connectivity index (χ4n) is 4.50. The first kappa shape index (κ1) is 21.1. The zero-order valence-corrected chi connectivity index (χ0v) is 18.4. The largest absolute Gasteiger partial charge is 0.341 e. The second-order valence-electron chi connectivity index (χ2n) is 8.43. The molecule has 1 fully saturated rings. The number of carbonyl (C=O) groups is 1. The van der Waals surface area contributed by atoms with Crippen molar-refractivity contribution < 1.29 is 4.79 Å². The summed E-state index contributed by atoms with van der Waals surface area (Å²) in [6, 6.07) is 9.39. The molecule has 1 aromatic carbocycles. The standard InChI is InChI=1S/C23H29N5O3/c1-4-28-21-20(17(3)24-28)26(15-19(29)25-12-8-9-16(2)13-25)23(31)27(22(21)30)14-18-10-6-5-7-11-18/h5-7,10-11,16H,4,8-9,12-15H2,1-3H3/t16-/m0/s1. The fourth-order valence-corrected chi connectivity index (χ4v) is 4.50. The molecule has 0 saturated carbocycles. The minimum Gasteiger partial charge on any atom is -0.341 e. The SMILES string of the molecule is CCn1nc(C)c2c1c(=O)n(Cc1ccccc1)c(=O)n2CC(=O)N1CCC[C@H](C)C1. The van der Waals surface area contributed by atoms with Crippen molar-refractivity contribution in [1.82, 2.24) is 23.8 Å². The van der Waals surface area contributed by atoms with Crippen molar-refractivity contribution in [2.24, 2.45) is 5.92 Å². The van der Waals surface area contributed by atoms with E-state index in [1.807, 2.05) is 42.2 Å². The van der Waals surface area contributed by atoms with E-state index < -0.39 is 5.69 Å². The molecule has 0 N–H and O–H groups in total. The van der Waals surface area contributed by atoms with E-state index in [4.69, 9.17) is 0 Å². The molecule has 4 rings (SSSR count). The van der Waals surface area contributed by atoms with Crippen LogP contribution in [0.15, 0.2) is 39.9 Å². The van der Waals surface area contributed by atoms with Crippen LogP contribution in [0.1, 0.15) is 37.9 Å². The van der Waals surface area contributed by atoms with Crippen LogP contribution in [0.3, 0.4) is 0 Å². The quantitative estimate of drug-likeness (QED) is 0.629. The smallest absolute Gasteiger partial charge is 0.332 e. The van der Waals surface area contributed by atoms with Gasteiger partial charge in [0, 0.05) is 19.6 Å². The molecule has 164 valence electrons. The van der Waals surface area contributed by atoms with E-state index >= 15 is 0 Å². The Morgan fingerprint density at radius 2 is 1.87 bits per heavy atom. The number of rotatable bonds is 5. The molecule has 1 atom stereocenters. The van der Waals surface area contributed by atoms with E-state index in [2.05, 4.69) is 12.0 Å². The Kier molecular flexibility index (Phi) is 5.80. The first-order valence-corrected chi connectivity index (χ1v) is 10.9. The Morgan fingerprint density at radius 1 is 1.13 bits per heavy atom. The van der Waals surface area contributed by atoms with Crippen molar-refractivity contribution >= 4 is 16.9 Å². The second-order valence-corrected chi connectivity index (χ2v) is 8.43. The van der Waals surface area contributed by atoms with Gasteiger partial charge < -0.3 is 4.90 Å². The number of hydrogen-bond donors (Lipinski definition) is 0. The van der Waals surface area contributed by atoms with E-state index in [1.165, 1.54) is 9.13 Å². The van der Waals surface area contributed by atoms with Gasteiger partial charge in [-0.15, -0.1) is 0 Å². The number of aryl methyl sites for hydroxylation is 2. The van der Waals surface area contributed by atoms with Gasteiger partial charge in [-0.1, -0.05) is 37.3 Å². The van der Waals surface area contributed by atoms with Crippen molar-refractivity contribution in [1.29, 1.82) is 0 Å². The van der Waals surface area contributed by atoms with Gasteiger partial charge in [0.25, 0.3) is 5.56 Å². The Balaban J connectivity index is 1.85. The maximum Gasteiger partial charge on any atom is 0.332 e. The number of fused-ring (bicyclic) bond motifs is 1. The summed E-state index contributed by atoms with van der Waals surface area (Å²) in [6.45, 7) is 7.79. The van der Waals surface area contributed by atoms with Crippen molar-refractivity contribution in [3.63, 3.8) is 0 Å². The van der Waals surface area contributed by atoms with Crippen LogP contribution in [-0.4, -0.2) is 42.8 Å². The van der Waals surface area contributed by atoms with Gasteiger partial charge in [-0.25, -0.2) is 4.79 Å². The number of benzene rings is 1. The summed E-state index contributed by atoms with van der Waals surface area (Å²) in [7, 11) is 0. The lowest BCUT2D eigenvalue weighted by Gasteiger charge is -2.31. The summed E-state index contributed by atoms with van der Waals surface area (Å²) in [5.41, 5.74) is 1.41. The van der Waals surface area contributed by atoms with Crippen LogP contribution >= 0.6 is 0 Å². The van der Waals surface area contributed by atoms with E-state index in [0.29, 0.717) is 42.3 Å².